The summed E-state index contributed by atoms with van der Waals surface area (Å²) in [6.45, 7) is 1.46. The van der Waals surface area contributed by atoms with Crippen molar-refractivity contribution < 1.29 is 13.9 Å². The van der Waals surface area contributed by atoms with Gasteiger partial charge in [0.15, 0.2) is 0 Å². The Hall–Kier alpha value is -2.82. The first-order chi connectivity index (χ1) is 13.1. The van der Waals surface area contributed by atoms with Gasteiger partial charge in [-0.1, -0.05) is 12.1 Å². The van der Waals surface area contributed by atoms with Crippen molar-refractivity contribution in [3.63, 3.8) is 0 Å². The Morgan fingerprint density at radius 2 is 2.15 bits per heavy atom. The molecule has 1 N–H and O–H groups in total. The molecule has 5 heteroatoms. The van der Waals surface area contributed by atoms with Crippen molar-refractivity contribution in [3.05, 3.63) is 65.6 Å². The Bertz CT molecular complexity index is 966. The van der Waals surface area contributed by atoms with Crippen molar-refractivity contribution in [2.75, 3.05) is 20.2 Å². The molecule has 1 saturated heterocycles. The van der Waals surface area contributed by atoms with Gasteiger partial charge in [-0.05, 0) is 54.8 Å². The van der Waals surface area contributed by atoms with E-state index in [-0.39, 0.29) is 24.1 Å². The molecule has 4 nitrogen and oxygen atoms in total. The number of carbonyl (C=O) groups excluding carboxylic acids is 1. The minimum atomic E-state index is -0.301. The Morgan fingerprint density at radius 3 is 2.96 bits per heavy atom. The van der Waals surface area contributed by atoms with Gasteiger partial charge in [-0.2, -0.15) is 0 Å². The molecule has 2 heterocycles. The molecule has 140 valence electrons. The van der Waals surface area contributed by atoms with Crippen LogP contribution in [-0.2, 0) is 11.2 Å². The Kier molecular flexibility index (Phi) is 4.84. The molecule has 1 aromatic heterocycles. The maximum atomic E-state index is 13.4. The quantitative estimate of drug-likeness (QED) is 0.750. The second kappa shape index (κ2) is 7.43. The van der Waals surface area contributed by atoms with Crippen molar-refractivity contribution in [2.24, 2.45) is 0 Å². The number of piperidine rings is 1. The summed E-state index contributed by atoms with van der Waals surface area (Å²) in [4.78, 5) is 18.1. The summed E-state index contributed by atoms with van der Waals surface area (Å²) >= 11 is 0. The van der Waals surface area contributed by atoms with Crippen molar-refractivity contribution in [1.29, 1.82) is 0 Å². The maximum Gasteiger partial charge on any atom is 0.227 e. The van der Waals surface area contributed by atoms with Crippen LogP contribution in [0.1, 0.15) is 30.0 Å². The third-order valence-corrected chi connectivity index (χ3v) is 5.31. The number of halogens is 1. The number of rotatable bonds is 4. The smallest absolute Gasteiger partial charge is 0.227 e. The summed E-state index contributed by atoms with van der Waals surface area (Å²) < 4.78 is 18.7. The summed E-state index contributed by atoms with van der Waals surface area (Å²) in [7, 11) is 1.66. The van der Waals surface area contributed by atoms with Crippen LogP contribution >= 0.6 is 0 Å². The summed E-state index contributed by atoms with van der Waals surface area (Å²) in [5.41, 5.74) is 2.95. The highest BCUT2D eigenvalue weighted by molar-refractivity contribution is 5.82. The van der Waals surface area contributed by atoms with Crippen LogP contribution in [0.3, 0.4) is 0 Å². The highest BCUT2D eigenvalue weighted by Crippen LogP contribution is 2.30. The Labute approximate surface area is 157 Å². The molecule has 0 aliphatic carbocycles. The molecule has 1 unspecified atom stereocenters. The Balaban J connectivity index is 1.48. The maximum absolute atomic E-state index is 13.4. The lowest BCUT2D eigenvalue weighted by molar-refractivity contribution is -0.131. The number of ether oxygens (including phenoxy) is 1. The highest BCUT2D eigenvalue weighted by atomic mass is 19.1. The number of methoxy groups -OCH3 is 1. The molecule has 0 radical (unpaired) electrons. The predicted octanol–water partition coefficient (Wildman–Crippen LogP) is 4.26. The normalized spacial score (nSPS) is 17.3. The van der Waals surface area contributed by atoms with Gasteiger partial charge in [0, 0.05) is 35.6 Å². The average molecular weight is 366 g/mol. The molecule has 3 aromatic rings. The number of nitrogens with zero attached hydrogens (tertiary/aromatic N) is 1. The zero-order chi connectivity index (χ0) is 18.8. The van der Waals surface area contributed by atoms with Crippen LogP contribution in [0.4, 0.5) is 4.39 Å². The lowest BCUT2D eigenvalue weighted by atomic mass is 9.94. The SMILES string of the molecule is COc1ccc2[nH]c(C3CCCN(C(=O)Cc4cccc(F)c4)C3)cc2c1. The fraction of sp³-hybridized carbons (Fsp3) is 0.318. The van der Waals surface area contributed by atoms with E-state index in [1.165, 1.54) is 12.1 Å². The number of hydrogen-bond acceptors (Lipinski definition) is 2. The van der Waals surface area contributed by atoms with Crippen molar-refractivity contribution in [3.8, 4) is 5.75 Å². The molecular formula is C22H23FN2O2. The number of likely N-dealkylation sites (tertiary alicyclic amines) is 1. The molecule has 0 bridgehead atoms. The monoisotopic (exact) mass is 366 g/mol. The summed E-state index contributed by atoms with van der Waals surface area (Å²) in [6.07, 6.45) is 2.26. The van der Waals surface area contributed by atoms with Crippen LogP contribution in [0.25, 0.3) is 10.9 Å². The number of carbonyl (C=O) groups is 1. The predicted molar refractivity (Wildman–Crippen MR) is 104 cm³/mol. The molecule has 1 aliphatic heterocycles. The second-order valence-electron chi connectivity index (χ2n) is 7.16. The van der Waals surface area contributed by atoms with Gasteiger partial charge in [0.2, 0.25) is 5.91 Å². The van der Waals surface area contributed by atoms with E-state index in [9.17, 15) is 9.18 Å². The number of amides is 1. The van der Waals surface area contributed by atoms with E-state index < -0.39 is 0 Å². The van der Waals surface area contributed by atoms with Gasteiger partial charge in [-0.25, -0.2) is 4.39 Å². The molecule has 0 spiro atoms. The molecule has 1 atom stereocenters. The third kappa shape index (κ3) is 3.82. The van der Waals surface area contributed by atoms with Gasteiger partial charge in [0.1, 0.15) is 11.6 Å². The lowest BCUT2D eigenvalue weighted by Gasteiger charge is -2.32. The van der Waals surface area contributed by atoms with Gasteiger partial charge in [0.25, 0.3) is 0 Å². The van der Waals surface area contributed by atoms with Gasteiger partial charge in [-0.3, -0.25) is 4.79 Å². The Morgan fingerprint density at radius 1 is 1.26 bits per heavy atom. The molecule has 4 rings (SSSR count). The van der Waals surface area contributed by atoms with E-state index >= 15 is 0 Å². The van der Waals surface area contributed by atoms with E-state index in [2.05, 4.69) is 11.1 Å². The zero-order valence-electron chi connectivity index (χ0n) is 15.4. The van der Waals surface area contributed by atoms with E-state index in [1.54, 1.807) is 19.2 Å². The van der Waals surface area contributed by atoms with Gasteiger partial charge >= 0.3 is 0 Å². The largest absolute Gasteiger partial charge is 0.497 e. The molecule has 1 aliphatic rings. The summed E-state index contributed by atoms with van der Waals surface area (Å²) in [6, 6.07) is 14.4. The van der Waals surface area contributed by atoms with Crippen LogP contribution in [0.15, 0.2) is 48.5 Å². The summed E-state index contributed by atoms with van der Waals surface area (Å²) in [5, 5.41) is 1.12. The number of H-pyrrole nitrogens is 1. The molecule has 0 saturated carbocycles. The van der Waals surface area contributed by atoms with Crippen LogP contribution in [-0.4, -0.2) is 36.0 Å². The first-order valence-corrected chi connectivity index (χ1v) is 9.31. The fourth-order valence-electron chi connectivity index (χ4n) is 3.87. The average Bonchev–Trinajstić information content (AvgIpc) is 3.11. The van der Waals surface area contributed by atoms with E-state index in [4.69, 9.17) is 4.74 Å². The fourth-order valence-corrected chi connectivity index (χ4v) is 3.87. The minimum Gasteiger partial charge on any atom is -0.497 e. The van der Waals surface area contributed by atoms with Gasteiger partial charge in [0.05, 0.1) is 13.5 Å². The van der Waals surface area contributed by atoms with Crippen molar-refractivity contribution in [2.45, 2.75) is 25.2 Å². The number of hydrogen-bond donors (Lipinski definition) is 1. The zero-order valence-corrected chi connectivity index (χ0v) is 15.4. The number of aromatic amines is 1. The first-order valence-electron chi connectivity index (χ1n) is 9.31. The molecule has 2 aromatic carbocycles. The second-order valence-corrected chi connectivity index (χ2v) is 7.16. The topological polar surface area (TPSA) is 45.3 Å². The molecule has 1 fully saturated rings. The van der Waals surface area contributed by atoms with Crippen LogP contribution in [0, 0.1) is 5.82 Å². The van der Waals surface area contributed by atoms with Crippen LogP contribution in [0.2, 0.25) is 0 Å². The van der Waals surface area contributed by atoms with Crippen molar-refractivity contribution in [1.82, 2.24) is 9.88 Å². The lowest BCUT2D eigenvalue weighted by Crippen LogP contribution is -2.40. The third-order valence-electron chi connectivity index (χ3n) is 5.31. The van der Waals surface area contributed by atoms with E-state index in [1.807, 2.05) is 23.1 Å². The minimum absolute atomic E-state index is 0.0584. The van der Waals surface area contributed by atoms with Gasteiger partial charge < -0.3 is 14.6 Å². The van der Waals surface area contributed by atoms with E-state index in [0.29, 0.717) is 6.54 Å². The number of fused-ring (bicyclic) bond motifs is 1. The number of benzene rings is 2. The highest BCUT2D eigenvalue weighted by Gasteiger charge is 2.26. The van der Waals surface area contributed by atoms with Crippen LogP contribution in [0.5, 0.6) is 5.75 Å². The van der Waals surface area contributed by atoms with E-state index in [0.717, 1.165) is 47.3 Å². The van der Waals surface area contributed by atoms with Crippen LogP contribution < -0.4 is 4.74 Å². The standard InChI is InChI=1S/C22H23FN2O2/c1-27-19-7-8-20-17(12-19)13-21(24-20)16-5-3-9-25(14-16)22(26)11-15-4-2-6-18(23)10-15/h2,4,6-8,10,12-13,16,24H,3,5,9,11,14H2,1H3. The number of nitrogens with one attached hydrogen (secondary N) is 1. The molecular weight excluding hydrogens is 343 g/mol. The van der Waals surface area contributed by atoms with Crippen molar-refractivity contribution >= 4 is 16.8 Å². The molecule has 27 heavy (non-hydrogen) atoms. The first kappa shape index (κ1) is 17.6. The summed E-state index contributed by atoms with van der Waals surface area (Å²) in [5.74, 6) is 0.880. The van der Waals surface area contributed by atoms with Gasteiger partial charge in [-0.15, -0.1) is 0 Å². The number of aromatic nitrogens is 1. The molecule has 1 amide bonds.